The fourth-order valence-corrected chi connectivity index (χ4v) is 1.66. The zero-order chi connectivity index (χ0) is 12.7. The van der Waals surface area contributed by atoms with Crippen LogP contribution in [-0.4, -0.2) is 38.5 Å². The molecule has 17 heavy (non-hydrogen) atoms. The maximum atomic E-state index is 9.03. The molecule has 0 fully saturated rings. The molecule has 0 radical (unpaired) electrons. The van der Waals surface area contributed by atoms with E-state index in [1.165, 1.54) is 0 Å². The molecule has 0 unspecified atom stereocenters. The highest BCUT2D eigenvalue weighted by Crippen LogP contribution is 2.18. The summed E-state index contributed by atoms with van der Waals surface area (Å²) >= 11 is 0. The number of nitrogens with zero attached hydrogens (tertiary/aromatic N) is 2. The average Bonchev–Trinajstić information content (AvgIpc) is 2.34. The van der Waals surface area contributed by atoms with E-state index in [2.05, 4.69) is 6.07 Å². The van der Waals surface area contributed by atoms with Crippen LogP contribution in [0, 0.1) is 18.3 Å². The Morgan fingerprint density at radius 2 is 2.18 bits per heavy atom. The molecule has 0 aliphatic rings. The first kappa shape index (κ1) is 13.5. The van der Waals surface area contributed by atoms with Gasteiger partial charge < -0.3 is 14.7 Å². The van der Waals surface area contributed by atoms with Gasteiger partial charge in [0.2, 0.25) is 0 Å². The minimum absolute atomic E-state index is 0.1000. The van der Waals surface area contributed by atoms with E-state index in [1.807, 2.05) is 30.0 Å². The zero-order valence-corrected chi connectivity index (χ0v) is 10.3. The smallest absolute Gasteiger partial charge is 0.0994 e. The summed E-state index contributed by atoms with van der Waals surface area (Å²) in [6.07, 6.45) is 0. The molecule has 92 valence electrons. The number of rotatable bonds is 6. The third kappa shape index (κ3) is 3.74. The van der Waals surface area contributed by atoms with E-state index >= 15 is 0 Å². The molecule has 1 rings (SSSR count). The molecule has 0 bridgehead atoms. The van der Waals surface area contributed by atoms with E-state index < -0.39 is 0 Å². The predicted octanol–water partition coefficient (Wildman–Crippen LogP) is 1.31. The lowest BCUT2D eigenvalue weighted by atomic mass is 10.1. The van der Waals surface area contributed by atoms with Crippen molar-refractivity contribution in [3.05, 3.63) is 29.3 Å². The molecule has 0 saturated heterocycles. The topological polar surface area (TPSA) is 56.5 Å². The molecular weight excluding hydrogens is 216 g/mol. The number of methoxy groups -OCH3 is 1. The predicted molar refractivity (Wildman–Crippen MR) is 67.1 cm³/mol. The molecule has 0 heterocycles. The normalized spacial score (nSPS) is 10.0. The highest BCUT2D eigenvalue weighted by molar-refractivity contribution is 5.53. The molecule has 1 aromatic rings. The lowest BCUT2D eigenvalue weighted by Gasteiger charge is -2.24. The molecule has 1 N–H and O–H groups in total. The minimum Gasteiger partial charge on any atom is -0.395 e. The number of aliphatic hydroxyl groups excluding tert-OH is 1. The number of aryl methyl sites for hydroxylation is 1. The van der Waals surface area contributed by atoms with Crippen molar-refractivity contribution in [1.82, 2.24) is 0 Å². The third-order valence-corrected chi connectivity index (χ3v) is 2.63. The van der Waals surface area contributed by atoms with Gasteiger partial charge in [0, 0.05) is 25.9 Å². The van der Waals surface area contributed by atoms with Gasteiger partial charge in [-0.1, -0.05) is 0 Å². The van der Waals surface area contributed by atoms with Crippen molar-refractivity contribution >= 4 is 5.69 Å². The SMILES string of the molecule is COCCN(CCO)c1ccc(C#N)c(C)c1. The quantitative estimate of drug-likeness (QED) is 0.806. The number of hydrogen-bond acceptors (Lipinski definition) is 4. The maximum absolute atomic E-state index is 9.03. The van der Waals surface area contributed by atoms with Crippen LogP contribution in [0.25, 0.3) is 0 Å². The summed E-state index contributed by atoms with van der Waals surface area (Å²) in [5.74, 6) is 0. The van der Waals surface area contributed by atoms with Gasteiger partial charge in [0.15, 0.2) is 0 Å². The maximum Gasteiger partial charge on any atom is 0.0994 e. The fraction of sp³-hybridized carbons (Fsp3) is 0.462. The monoisotopic (exact) mass is 234 g/mol. The standard InChI is InChI=1S/C13H18N2O2/c1-11-9-13(4-3-12(11)10-14)15(5-7-16)6-8-17-2/h3-4,9,16H,5-8H2,1-2H3. The van der Waals surface area contributed by atoms with Crippen molar-refractivity contribution in [3.8, 4) is 6.07 Å². The lowest BCUT2D eigenvalue weighted by Crippen LogP contribution is -2.30. The molecule has 0 saturated carbocycles. The second-order valence-corrected chi connectivity index (χ2v) is 3.81. The van der Waals surface area contributed by atoms with Crippen LogP contribution >= 0.6 is 0 Å². The summed E-state index contributed by atoms with van der Waals surface area (Å²) in [6.45, 7) is 3.91. The average molecular weight is 234 g/mol. The van der Waals surface area contributed by atoms with Crippen molar-refractivity contribution in [2.75, 3.05) is 38.3 Å². The van der Waals surface area contributed by atoms with E-state index in [1.54, 1.807) is 7.11 Å². The molecule has 4 heteroatoms. The van der Waals surface area contributed by atoms with Gasteiger partial charge in [0.1, 0.15) is 0 Å². The highest BCUT2D eigenvalue weighted by Gasteiger charge is 2.07. The van der Waals surface area contributed by atoms with E-state index in [9.17, 15) is 0 Å². The Bertz CT molecular complexity index is 399. The van der Waals surface area contributed by atoms with E-state index in [4.69, 9.17) is 15.1 Å². The highest BCUT2D eigenvalue weighted by atomic mass is 16.5. The van der Waals surface area contributed by atoms with Crippen LogP contribution in [0.2, 0.25) is 0 Å². The van der Waals surface area contributed by atoms with Crippen LogP contribution in [0.3, 0.4) is 0 Å². The van der Waals surface area contributed by atoms with Gasteiger partial charge in [-0.2, -0.15) is 5.26 Å². The van der Waals surface area contributed by atoms with Crippen LogP contribution < -0.4 is 4.90 Å². The van der Waals surface area contributed by atoms with Crippen LogP contribution in [0.1, 0.15) is 11.1 Å². The number of anilines is 1. The molecule has 0 aliphatic carbocycles. The molecule has 4 nitrogen and oxygen atoms in total. The number of ether oxygens (including phenoxy) is 1. The van der Waals surface area contributed by atoms with Crippen molar-refractivity contribution in [2.24, 2.45) is 0 Å². The van der Waals surface area contributed by atoms with Crippen LogP contribution in [-0.2, 0) is 4.74 Å². The second kappa shape index (κ2) is 6.89. The number of nitriles is 1. The number of hydrogen-bond donors (Lipinski definition) is 1. The first-order valence-electron chi connectivity index (χ1n) is 5.58. The largest absolute Gasteiger partial charge is 0.395 e. The van der Waals surface area contributed by atoms with Gasteiger partial charge in [-0.15, -0.1) is 0 Å². The molecule has 0 aliphatic heterocycles. The van der Waals surface area contributed by atoms with Crippen molar-refractivity contribution in [2.45, 2.75) is 6.92 Å². The molecule has 0 atom stereocenters. The first-order valence-corrected chi connectivity index (χ1v) is 5.58. The Hall–Kier alpha value is -1.57. The summed E-state index contributed by atoms with van der Waals surface area (Å²) in [4.78, 5) is 2.04. The van der Waals surface area contributed by atoms with Gasteiger partial charge >= 0.3 is 0 Å². The van der Waals surface area contributed by atoms with Crippen molar-refractivity contribution < 1.29 is 9.84 Å². The van der Waals surface area contributed by atoms with E-state index in [0.29, 0.717) is 18.7 Å². The second-order valence-electron chi connectivity index (χ2n) is 3.81. The van der Waals surface area contributed by atoms with Gasteiger partial charge in [-0.05, 0) is 30.7 Å². The number of benzene rings is 1. The van der Waals surface area contributed by atoms with Crippen molar-refractivity contribution in [3.63, 3.8) is 0 Å². The summed E-state index contributed by atoms with van der Waals surface area (Å²) in [5.41, 5.74) is 2.64. The van der Waals surface area contributed by atoms with E-state index in [0.717, 1.165) is 17.8 Å². The van der Waals surface area contributed by atoms with Crippen molar-refractivity contribution in [1.29, 1.82) is 5.26 Å². The molecule has 0 amide bonds. The third-order valence-electron chi connectivity index (χ3n) is 2.63. The van der Waals surface area contributed by atoms with E-state index in [-0.39, 0.29) is 6.61 Å². The summed E-state index contributed by atoms with van der Waals surface area (Å²) < 4.78 is 5.04. The van der Waals surface area contributed by atoms with Gasteiger partial charge in [-0.25, -0.2) is 0 Å². The Morgan fingerprint density at radius 1 is 1.41 bits per heavy atom. The lowest BCUT2D eigenvalue weighted by molar-refractivity contribution is 0.203. The molecular formula is C13H18N2O2. The Morgan fingerprint density at radius 3 is 2.71 bits per heavy atom. The Balaban J connectivity index is 2.86. The fourth-order valence-electron chi connectivity index (χ4n) is 1.66. The Kier molecular flexibility index (Phi) is 5.47. The van der Waals surface area contributed by atoms with Crippen LogP contribution in [0.15, 0.2) is 18.2 Å². The van der Waals surface area contributed by atoms with Crippen LogP contribution in [0.5, 0.6) is 0 Å². The Labute approximate surface area is 102 Å². The van der Waals surface area contributed by atoms with Gasteiger partial charge in [0.25, 0.3) is 0 Å². The molecule has 0 spiro atoms. The first-order chi connectivity index (χ1) is 8.22. The summed E-state index contributed by atoms with van der Waals surface area (Å²) in [7, 11) is 1.65. The summed E-state index contributed by atoms with van der Waals surface area (Å²) in [5, 5.41) is 17.9. The van der Waals surface area contributed by atoms with Gasteiger partial charge in [-0.3, -0.25) is 0 Å². The number of aliphatic hydroxyl groups is 1. The summed E-state index contributed by atoms with van der Waals surface area (Å²) in [6, 6.07) is 7.81. The zero-order valence-electron chi connectivity index (χ0n) is 10.3. The minimum atomic E-state index is 0.1000. The van der Waals surface area contributed by atoms with Gasteiger partial charge in [0.05, 0.1) is 24.8 Å². The molecule has 0 aromatic heterocycles. The molecule has 1 aromatic carbocycles. The van der Waals surface area contributed by atoms with Crippen LogP contribution in [0.4, 0.5) is 5.69 Å².